The molecular formula is C15H12F3NO2. The van der Waals surface area contributed by atoms with E-state index in [4.69, 9.17) is 0 Å². The zero-order valence-corrected chi connectivity index (χ0v) is 11.0. The van der Waals surface area contributed by atoms with Crippen LogP contribution < -0.4 is 0 Å². The van der Waals surface area contributed by atoms with Crippen LogP contribution in [0.5, 0.6) is 11.5 Å². The first kappa shape index (κ1) is 14.9. The lowest BCUT2D eigenvalue weighted by molar-refractivity contribution is -0.137. The standard InChI is InChI=1S/C15H12F3NO2/c1-9(13-8-12(20)5-6-14(13)21)19-11-4-2-3-10(7-11)15(16,17)18/h2-8,20-21H,1H3. The minimum atomic E-state index is -4.44. The normalized spacial score (nSPS) is 12.5. The molecule has 110 valence electrons. The van der Waals surface area contributed by atoms with Crippen LogP contribution in [-0.4, -0.2) is 15.9 Å². The van der Waals surface area contributed by atoms with Crippen LogP contribution in [0.1, 0.15) is 18.1 Å². The molecule has 0 spiro atoms. The lowest BCUT2D eigenvalue weighted by Crippen LogP contribution is -2.04. The fraction of sp³-hybridized carbons (Fsp3) is 0.133. The minimum Gasteiger partial charge on any atom is -0.508 e. The Morgan fingerprint density at radius 1 is 1.05 bits per heavy atom. The Balaban J connectivity index is 2.41. The van der Waals surface area contributed by atoms with Crippen LogP contribution in [0, 0.1) is 0 Å². The molecular weight excluding hydrogens is 283 g/mol. The molecule has 21 heavy (non-hydrogen) atoms. The van der Waals surface area contributed by atoms with Gasteiger partial charge in [-0.2, -0.15) is 13.2 Å². The van der Waals surface area contributed by atoms with Gasteiger partial charge in [-0.05, 0) is 43.3 Å². The third-order valence-electron chi connectivity index (χ3n) is 2.84. The summed E-state index contributed by atoms with van der Waals surface area (Å²) in [6.45, 7) is 1.54. The number of hydrogen-bond donors (Lipinski definition) is 2. The summed E-state index contributed by atoms with van der Waals surface area (Å²) in [6, 6.07) is 8.45. The van der Waals surface area contributed by atoms with Crippen LogP contribution in [0.4, 0.5) is 18.9 Å². The number of aliphatic imine (C=N–C) groups is 1. The van der Waals surface area contributed by atoms with Crippen LogP contribution in [0.25, 0.3) is 0 Å². The van der Waals surface area contributed by atoms with Crippen LogP contribution in [-0.2, 0) is 6.18 Å². The van der Waals surface area contributed by atoms with E-state index in [0.717, 1.165) is 12.1 Å². The van der Waals surface area contributed by atoms with E-state index in [-0.39, 0.29) is 22.7 Å². The summed E-state index contributed by atoms with van der Waals surface area (Å²) in [7, 11) is 0. The molecule has 0 fully saturated rings. The van der Waals surface area contributed by atoms with Gasteiger partial charge in [0, 0.05) is 11.3 Å². The Labute approximate surface area is 119 Å². The number of phenols is 2. The van der Waals surface area contributed by atoms with Crippen molar-refractivity contribution >= 4 is 11.4 Å². The van der Waals surface area contributed by atoms with E-state index in [1.165, 1.54) is 37.3 Å². The van der Waals surface area contributed by atoms with E-state index in [0.29, 0.717) is 5.71 Å². The Kier molecular flexibility index (Phi) is 3.88. The summed E-state index contributed by atoms with van der Waals surface area (Å²) in [5.74, 6) is -0.178. The molecule has 2 N–H and O–H groups in total. The fourth-order valence-corrected chi connectivity index (χ4v) is 1.82. The molecule has 2 aromatic rings. The molecule has 0 radical (unpaired) electrons. The average Bonchev–Trinajstić information content (AvgIpc) is 2.41. The number of rotatable bonds is 2. The monoisotopic (exact) mass is 295 g/mol. The van der Waals surface area contributed by atoms with Gasteiger partial charge in [-0.3, -0.25) is 4.99 Å². The van der Waals surface area contributed by atoms with Crippen molar-refractivity contribution in [3.63, 3.8) is 0 Å². The quantitative estimate of drug-likeness (QED) is 0.642. The maximum Gasteiger partial charge on any atom is 0.416 e. The molecule has 0 aliphatic rings. The van der Waals surface area contributed by atoms with Gasteiger partial charge in [-0.25, -0.2) is 0 Å². The van der Waals surface area contributed by atoms with Gasteiger partial charge < -0.3 is 10.2 Å². The molecule has 0 heterocycles. The summed E-state index contributed by atoms with van der Waals surface area (Å²) in [5, 5.41) is 19.1. The molecule has 0 aliphatic heterocycles. The van der Waals surface area contributed by atoms with Gasteiger partial charge in [0.1, 0.15) is 11.5 Å². The number of nitrogens with zero attached hydrogens (tertiary/aromatic N) is 1. The Morgan fingerprint density at radius 3 is 2.43 bits per heavy atom. The van der Waals surface area contributed by atoms with Crippen molar-refractivity contribution in [1.29, 1.82) is 0 Å². The second kappa shape index (κ2) is 5.47. The molecule has 0 unspecified atom stereocenters. The summed E-state index contributed by atoms with van der Waals surface area (Å²) >= 11 is 0. The smallest absolute Gasteiger partial charge is 0.416 e. The lowest BCUT2D eigenvalue weighted by Gasteiger charge is -2.08. The Hall–Kier alpha value is -2.50. The molecule has 0 aromatic heterocycles. The van der Waals surface area contributed by atoms with Gasteiger partial charge in [0.05, 0.1) is 11.3 Å². The molecule has 0 amide bonds. The summed E-state index contributed by atoms with van der Waals surface area (Å²) in [4.78, 5) is 4.05. The molecule has 6 heteroatoms. The van der Waals surface area contributed by atoms with Crippen molar-refractivity contribution in [2.45, 2.75) is 13.1 Å². The number of alkyl halides is 3. The summed E-state index contributed by atoms with van der Waals surface area (Å²) < 4.78 is 37.9. The SMILES string of the molecule is CC(=Nc1cccc(C(F)(F)F)c1)c1cc(O)ccc1O. The van der Waals surface area contributed by atoms with Gasteiger partial charge in [-0.15, -0.1) is 0 Å². The third kappa shape index (κ3) is 3.53. The van der Waals surface area contributed by atoms with Gasteiger partial charge in [-0.1, -0.05) is 6.07 Å². The molecule has 0 atom stereocenters. The Morgan fingerprint density at radius 2 is 1.76 bits per heavy atom. The minimum absolute atomic E-state index is 0.0682. The van der Waals surface area contributed by atoms with Crippen molar-refractivity contribution in [1.82, 2.24) is 0 Å². The van der Waals surface area contributed by atoms with Crippen molar-refractivity contribution in [2.75, 3.05) is 0 Å². The number of benzene rings is 2. The number of hydrogen-bond acceptors (Lipinski definition) is 3. The predicted molar refractivity (Wildman–Crippen MR) is 73.1 cm³/mol. The van der Waals surface area contributed by atoms with Gasteiger partial charge >= 0.3 is 6.18 Å². The van der Waals surface area contributed by atoms with Gasteiger partial charge in [0.25, 0.3) is 0 Å². The van der Waals surface area contributed by atoms with E-state index < -0.39 is 11.7 Å². The second-order valence-corrected chi connectivity index (χ2v) is 4.45. The van der Waals surface area contributed by atoms with E-state index >= 15 is 0 Å². The third-order valence-corrected chi connectivity index (χ3v) is 2.84. The van der Waals surface area contributed by atoms with Crippen molar-refractivity contribution in [2.24, 2.45) is 4.99 Å². The maximum atomic E-state index is 12.6. The van der Waals surface area contributed by atoms with Gasteiger partial charge in [0.15, 0.2) is 0 Å². The highest BCUT2D eigenvalue weighted by atomic mass is 19.4. The van der Waals surface area contributed by atoms with Crippen LogP contribution >= 0.6 is 0 Å². The fourth-order valence-electron chi connectivity index (χ4n) is 1.82. The first-order chi connectivity index (χ1) is 9.77. The molecule has 0 saturated carbocycles. The highest BCUT2D eigenvalue weighted by Gasteiger charge is 2.30. The zero-order chi connectivity index (χ0) is 15.6. The topological polar surface area (TPSA) is 52.8 Å². The second-order valence-electron chi connectivity index (χ2n) is 4.45. The number of halogens is 3. The van der Waals surface area contributed by atoms with E-state index in [2.05, 4.69) is 4.99 Å². The maximum absolute atomic E-state index is 12.6. The van der Waals surface area contributed by atoms with E-state index in [1.54, 1.807) is 0 Å². The molecule has 2 aromatic carbocycles. The highest BCUT2D eigenvalue weighted by Crippen LogP contribution is 2.32. The number of aromatic hydroxyl groups is 2. The van der Waals surface area contributed by atoms with Crippen LogP contribution in [0.3, 0.4) is 0 Å². The number of phenolic OH excluding ortho intramolecular Hbond substituents is 2. The zero-order valence-electron chi connectivity index (χ0n) is 11.0. The van der Waals surface area contributed by atoms with E-state index in [1.807, 2.05) is 0 Å². The molecule has 0 aliphatic carbocycles. The average molecular weight is 295 g/mol. The lowest BCUT2D eigenvalue weighted by atomic mass is 10.1. The first-order valence-electron chi connectivity index (χ1n) is 6.02. The van der Waals surface area contributed by atoms with Crippen LogP contribution in [0.2, 0.25) is 0 Å². The summed E-state index contributed by atoms with van der Waals surface area (Å²) in [5.41, 5.74) is -0.128. The van der Waals surface area contributed by atoms with Crippen molar-refractivity contribution in [3.8, 4) is 11.5 Å². The predicted octanol–water partition coefficient (Wildman–Crippen LogP) is 4.26. The van der Waals surface area contributed by atoms with Crippen LogP contribution in [0.15, 0.2) is 47.5 Å². The largest absolute Gasteiger partial charge is 0.508 e. The van der Waals surface area contributed by atoms with Crippen molar-refractivity contribution in [3.05, 3.63) is 53.6 Å². The molecule has 2 rings (SSSR count). The van der Waals surface area contributed by atoms with Gasteiger partial charge in [0.2, 0.25) is 0 Å². The van der Waals surface area contributed by atoms with E-state index in [9.17, 15) is 23.4 Å². The first-order valence-corrected chi connectivity index (χ1v) is 6.02. The van der Waals surface area contributed by atoms with Crippen molar-refractivity contribution < 1.29 is 23.4 Å². The summed E-state index contributed by atoms with van der Waals surface area (Å²) in [6.07, 6.45) is -4.44. The molecule has 0 bridgehead atoms. The highest BCUT2D eigenvalue weighted by molar-refractivity contribution is 6.02. The molecule has 3 nitrogen and oxygen atoms in total. The Bertz CT molecular complexity index is 694. The molecule has 0 saturated heterocycles.